The van der Waals surface area contributed by atoms with Crippen LogP contribution < -0.4 is 10.1 Å². The Kier molecular flexibility index (Phi) is 6.72. The lowest BCUT2D eigenvalue weighted by molar-refractivity contribution is -0.127. The summed E-state index contributed by atoms with van der Waals surface area (Å²) in [6.45, 7) is 0.477. The van der Waals surface area contributed by atoms with Crippen molar-refractivity contribution >= 4 is 5.91 Å². The third-order valence-electron chi connectivity index (χ3n) is 4.43. The number of amides is 1. The van der Waals surface area contributed by atoms with E-state index in [1.165, 1.54) is 12.4 Å². The first kappa shape index (κ1) is 18.8. The zero-order chi connectivity index (χ0) is 18.9. The minimum Gasteiger partial charge on any atom is -0.472 e. The number of benzene rings is 1. The number of carbonyl (C=O) groups excluding carboxylic acids is 1. The van der Waals surface area contributed by atoms with Gasteiger partial charge in [-0.25, -0.2) is 9.97 Å². The zero-order valence-corrected chi connectivity index (χ0v) is 15.0. The van der Waals surface area contributed by atoms with E-state index in [2.05, 4.69) is 15.3 Å². The summed E-state index contributed by atoms with van der Waals surface area (Å²) in [4.78, 5) is 20.1. The van der Waals surface area contributed by atoms with Gasteiger partial charge in [0.1, 0.15) is 18.8 Å². The molecule has 0 aliphatic heterocycles. The quantitative estimate of drug-likeness (QED) is 0.808. The van der Waals surface area contributed by atoms with Crippen LogP contribution in [-0.4, -0.2) is 34.6 Å². The molecule has 27 heavy (non-hydrogen) atoms. The molecule has 3 rings (SSSR count). The minimum atomic E-state index is -0.101. The van der Waals surface area contributed by atoms with Gasteiger partial charge in [-0.15, -0.1) is 0 Å². The van der Waals surface area contributed by atoms with Gasteiger partial charge >= 0.3 is 0 Å². The summed E-state index contributed by atoms with van der Waals surface area (Å²) in [7, 11) is 0. The molecule has 0 atom stereocenters. The molecule has 1 aliphatic carbocycles. The number of hydrogen-bond acceptors (Lipinski definition) is 6. The Morgan fingerprint density at radius 3 is 2.63 bits per heavy atom. The number of ether oxygens (including phenoxy) is 2. The molecule has 140 valence electrons. The van der Waals surface area contributed by atoms with E-state index in [9.17, 15) is 4.79 Å². The van der Waals surface area contributed by atoms with Crippen LogP contribution in [0.25, 0.3) is 0 Å². The predicted octanol–water partition coefficient (Wildman–Crippen LogP) is 2.37. The van der Waals surface area contributed by atoms with Gasteiger partial charge in [-0.2, -0.15) is 5.26 Å². The molecule has 7 heteroatoms. The van der Waals surface area contributed by atoms with Crippen LogP contribution in [0.5, 0.6) is 5.88 Å². The molecule has 1 heterocycles. The van der Waals surface area contributed by atoms with Gasteiger partial charge < -0.3 is 14.8 Å². The standard InChI is InChI=1S/C20H22N4O3/c21-12-18-20(23-11-10-22-18)27-17-8-6-16(7-9-17)24-19(25)14-26-13-15-4-2-1-3-5-15/h1-5,10-11,16-17H,6-9,13-14H2,(H,24,25). The van der Waals surface area contributed by atoms with Crippen LogP contribution in [-0.2, 0) is 16.1 Å². The Morgan fingerprint density at radius 2 is 1.89 bits per heavy atom. The number of aromatic nitrogens is 2. The predicted molar refractivity (Wildman–Crippen MR) is 97.7 cm³/mol. The van der Waals surface area contributed by atoms with E-state index >= 15 is 0 Å². The average Bonchev–Trinajstić information content (AvgIpc) is 2.71. The number of nitrogens with one attached hydrogen (secondary N) is 1. The first-order chi connectivity index (χ1) is 13.2. The molecule has 1 aliphatic rings. The Hall–Kier alpha value is -2.98. The molecule has 1 N–H and O–H groups in total. The van der Waals surface area contributed by atoms with Crippen LogP contribution in [0.4, 0.5) is 0 Å². The van der Waals surface area contributed by atoms with Crippen molar-refractivity contribution in [2.45, 2.75) is 44.4 Å². The number of carbonyl (C=O) groups is 1. The van der Waals surface area contributed by atoms with Gasteiger partial charge in [0.25, 0.3) is 5.88 Å². The summed E-state index contributed by atoms with van der Waals surface area (Å²) in [6.07, 6.45) is 6.18. The van der Waals surface area contributed by atoms with Gasteiger partial charge in [0.2, 0.25) is 11.6 Å². The van der Waals surface area contributed by atoms with Gasteiger partial charge in [0.15, 0.2) is 0 Å². The fraction of sp³-hybridized carbons (Fsp3) is 0.400. The van der Waals surface area contributed by atoms with Crippen molar-refractivity contribution in [3.63, 3.8) is 0 Å². The maximum absolute atomic E-state index is 12.0. The highest BCUT2D eigenvalue weighted by molar-refractivity contribution is 5.77. The Labute approximate surface area is 158 Å². The number of hydrogen-bond donors (Lipinski definition) is 1. The largest absolute Gasteiger partial charge is 0.472 e. The first-order valence-corrected chi connectivity index (χ1v) is 9.03. The molecule has 2 aromatic rings. The highest BCUT2D eigenvalue weighted by Gasteiger charge is 2.24. The smallest absolute Gasteiger partial charge is 0.251 e. The van der Waals surface area contributed by atoms with Crippen molar-refractivity contribution in [1.82, 2.24) is 15.3 Å². The highest BCUT2D eigenvalue weighted by Crippen LogP contribution is 2.23. The lowest BCUT2D eigenvalue weighted by Gasteiger charge is -2.29. The second-order valence-corrected chi connectivity index (χ2v) is 6.46. The maximum Gasteiger partial charge on any atom is 0.251 e. The zero-order valence-electron chi connectivity index (χ0n) is 15.0. The van der Waals surface area contributed by atoms with Crippen molar-refractivity contribution in [3.8, 4) is 11.9 Å². The second-order valence-electron chi connectivity index (χ2n) is 6.46. The van der Waals surface area contributed by atoms with E-state index in [4.69, 9.17) is 14.7 Å². The van der Waals surface area contributed by atoms with Crippen LogP contribution >= 0.6 is 0 Å². The minimum absolute atomic E-state index is 0.0173. The molecule has 1 fully saturated rings. The molecule has 0 unspecified atom stereocenters. The van der Waals surface area contributed by atoms with E-state index < -0.39 is 0 Å². The summed E-state index contributed by atoms with van der Waals surface area (Å²) in [5.41, 5.74) is 1.24. The fourth-order valence-electron chi connectivity index (χ4n) is 3.08. The van der Waals surface area contributed by atoms with E-state index in [0.29, 0.717) is 6.61 Å². The first-order valence-electron chi connectivity index (χ1n) is 9.03. The van der Waals surface area contributed by atoms with Crippen molar-refractivity contribution in [2.24, 2.45) is 0 Å². The van der Waals surface area contributed by atoms with Crippen LogP contribution in [0.1, 0.15) is 36.9 Å². The molecule has 0 saturated heterocycles. The lowest BCUT2D eigenvalue weighted by atomic mass is 9.93. The van der Waals surface area contributed by atoms with E-state index in [0.717, 1.165) is 31.2 Å². The average molecular weight is 366 g/mol. The summed E-state index contributed by atoms with van der Waals surface area (Å²) >= 11 is 0. The fourth-order valence-corrected chi connectivity index (χ4v) is 3.08. The monoisotopic (exact) mass is 366 g/mol. The van der Waals surface area contributed by atoms with E-state index in [1.807, 2.05) is 36.4 Å². The van der Waals surface area contributed by atoms with Gasteiger partial charge in [0.05, 0.1) is 6.61 Å². The third-order valence-corrected chi connectivity index (χ3v) is 4.43. The van der Waals surface area contributed by atoms with Crippen molar-refractivity contribution in [2.75, 3.05) is 6.61 Å². The molecule has 0 bridgehead atoms. The van der Waals surface area contributed by atoms with E-state index in [-0.39, 0.29) is 36.2 Å². The van der Waals surface area contributed by atoms with Crippen molar-refractivity contribution in [1.29, 1.82) is 5.26 Å². The van der Waals surface area contributed by atoms with Crippen LogP contribution in [0.15, 0.2) is 42.7 Å². The van der Waals surface area contributed by atoms with Crippen molar-refractivity contribution < 1.29 is 14.3 Å². The number of nitrogens with zero attached hydrogens (tertiary/aromatic N) is 3. The number of rotatable bonds is 7. The molecule has 0 spiro atoms. The van der Waals surface area contributed by atoms with Gasteiger partial charge in [-0.3, -0.25) is 4.79 Å². The summed E-state index contributed by atoms with van der Waals surface area (Å²) in [5, 5.41) is 12.1. The van der Waals surface area contributed by atoms with Crippen LogP contribution in [0.2, 0.25) is 0 Å². The molecular formula is C20H22N4O3. The van der Waals surface area contributed by atoms with E-state index in [1.54, 1.807) is 0 Å². The molecule has 0 radical (unpaired) electrons. The Balaban J connectivity index is 1.36. The molecule has 1 saturated carbocycles. The molecule has 1 aromatic heterocycles. The lowest BCUT2D eigenvalue weighted by Crippen LogP contribution is -2.41. The molecule has 1 amide bonds. The summed E-state index contributed by atoms with van der Waals surface area (Å²) < 4.78 is 11.3. The SMILES string of the molecule is N#Cc1nccnc1OC1CCC(NC(=O)COCc2ccccc2)CC1. The molecule has 7 nitrogen and oxygen atoms in total. The van der Waals surface area contributed by atoms with Crippen LogP contribution in [0, 0.1) is 11.3 Å². The Bertz CT molecular complexity index is 783. The Morgan fingerprint density at radius 1 is 1.15 bits per heavy atom. The van der Waals surface area contributed by atoms with Crippen LogP contribution in [0.3, 0.4) is 0 Å². The number of nitriles is 1. The molecule has 1 aromatic carbocycles. The normalized spacial score (nSPS) is 19.1. The van der Waals surface area contributed by atoms with Gasteiger partial charge in [-0.1, -0.05) is 30.3 Å². The highest BCUT2D eigenvalue weighted by atomic mass is 16.5. The van der Waals surface area contributed by atoms with Gasteiger partial charge in [-0.05, 0) is 31.2 Å². The second kappa shape index (κ2) is 9.64. The van der Waals surface area contributed by atoms with Gasteiger partial charge in [0, 0.05) is 18.4 Å². The maximum atomic E-state index is 12.0. The third kappa shape index (κ3) is 5.76. The van der Waals surface area contributed by atoms with Crippen molar-refractivity contribution in [3.05, 3.63) is 54.0 Å². The summed E-state index contributed by atoms with van der Waals surface area (Å²) in [5.74, 6) is 0.179. The summed E-state index contributed by atoms with van der Waals surface area (Å²) in [6, 6.07) is 11.9. The topological polar surface area (TPSA) is 97.1 Å². The molecular weight excluding hydrogens is 344 g/mol.